The molecular weight excluding hydrogens is 392 g/mol. The SMILES string of the molecule is O=C(NC(=S)N(Cc1ccccc1)C[C@@H]1OCCc2ccccc21)c1ccccc1. The molecule has 0 radical (unpaired) electrons. The summed E-state index contributed by atoms with van der Waals surface area (Å²) in [6.45, 7) is 1.85. The van der Waals surface area contributed by atoms with Gasteiger partial charge in [-0.15, -0.1) is 0 Å². The zero-order valence-electron chi connectivity index (χ0n) is 16.7. The molecule has 1 amide bonds. The van der Waals surface area contributed by atoms with Crippen LogP contribution in [0.3, 0.4) is 0 Å². The highest BCUT2D eigenvalue weighted by molar-refractivity contribution is 7.80. The molecule has 30 heavy (non-hydrogen) atoms. The third-order valence-corrected chi connectivity index (χ3v) is 5.60. The van der Waals surface area contributed by atoms with Gasteiger partial charge in [0.25, 0.3) is 5.91 Å². The Hall–Kier alpha value is -3.02. The second-order valence-electron chi connectivity index (χ2n) is 7.30. The Labute approximate surface area is 182 Å². The maximum Gasteiger partial charge on any atom is 0.257 e. The molecule has 152 valence electrons. The summed E-state index contributed by atoms with van der Waals surface area (Å²) in [5, 5.41) is 3.30. The van der Waals surface area contributed by atoms with Crippen LogP contribution in [-0.2, 0) is 17.7 Å². The molecule has 0 saturated carbocycles. The maximum atomic E-state index is 12.6. The number of rotatable bonds is 5. The minimum absolute atomic E-state index is 0.0924. The van der Waals surface area contributed by atoms with Crippen molar-refractivity contribution in [3.63, 3.8) is 0 Å². The molecule has 1 aliphatic rings. The summed E-state index contributed by atoms with van der Waals surface area (Å²) in [6.07, 6.45) is 0.825. The van der Waals surface area contributed by atoms with Gasteiger partial charge in [0.2, 0.25) is 0 Å². The molecule has 0 saturated heterocycles. The summed E-state index contributed by atoms with van der Waals surface area (Å²) in [5.74, 6) is -0.205. The second-order valence-corrected chi connectivity index (χ2v) is 7.69. The summed E-state index contributed by atoms with van der Waals surface area (Å²) in [5.41, 5.74) is 4.21. The lowest BCUT2D eigenvalue weighted by Crippen LogP contribution is -2.44. The molecule has 5 heteroatoms. The van der Waals surface area contributed by atoms with Gasteiger partial charge in [0.05, 0.1) is 13.2 Å². The van der Waals surface area contributed by atoms with Crippen LogP contribution >= 0.6 is 12.2 Å². The van der Waals surface area contributed by atoms with E-state index in [-0.39, 0.29) is 12.0 Å². The molecule has 3 aromatic carbocycles. The van der Waals surface area contributed by atoms with Crippen LogP contribution < -0.4 is 5.32 Å². The van der Waals surface area contributed by atoms with Gasteiger partial charge >= 0.3 is 0 Å². The first-order chi connectivity index (χ1) is 14.7. The Bertz CT molecular complexity index is 1010. The number of carbonyl (C=O) groups excluding carboxylic acids is 1. The van der Waals surface area contributed by atoms with Crippen molar-refractivity contribution in [3.05, 3.63) is 107 Å². The number of nitrogens with one attached hydrogen (secondary N) is 1. The molecule has 0 spiro atoms. The van der Waals surface area contributed by atoms with Gasteiger partial charge in [-0.1, -0.05) is 72.8 Å². The van der Waals surface area contributed by atoms with Gasteiger partial charge in [-0.2, -0.15) is 0 Å². The highest BCUT2D eigenvalue weighted by atomic mass is 32.1. The highest BCUT2D eigenvalue weighted by Gasteiger charge is 2.25. The third-order valence-electron chi connectivity index (χ3n) is 5.24. The van der Waals surface area contributed by atoms with E-state index in [1.165, 1.54) is 11.1 Å². The van der Waals surface area contributed by atoms with Crippen LogP contribution in [0, 0.1) is 0 Å². The Morgan fingerprint density at radius 2 is 1.63 bits per heavy atom. The molecule has 4 rings (SSSR count). The molecule has 4 nitrogen and oxygen atoms in total. The predicted molar refractivity (Wildman–Crippen MR) is 122 cm³/mol. The fraction of sp³-hybridized carbons (Fsp3) is 0.200. The molecule has 1 heterocycles. The number of fused-ring (bicyclic) bond motifs is 1. The topological polar surface area (TPSA) is 41.6 Å². The highest BCUT2D eigenvalue weighted by Crippen LogP contribution is 2.28. The summed E-state index contributed by atoms with van der Waals surface area (Å²) < 4.78 is 6.10. The lowest BCUT2D eigenvalue weighted by molar-refractivity contribution is 0.0270. The maximum absolute atomic E-state index is 12.6. The number of hydrogen-bond acceptors (Lipinski definition) is 3. The van der Waals surface area contributed by atoms with Crippen molar-refractivity contribution in [2.75, 3.05) is 13.2 Å². The minimum Gasteiger partial charge on any atom is -0.371 e. The van der Waals surface area contributed by atoms with Gasteiger partial charge in [0.15, 0.2) is 5.11 Å². The van der Waals surface area contributed by atoms with Crippen molar-refractivity contribution in [2.45, 2.75) is 19.1 Å². The zero-order valence-corrected chi connectivity index (χ0v) is 17.5. The van der Waals surface area contributed by atoms with E-state index in [1.807, 2.05) is 47.4 Å². The van der Waals surface area contributed by atoms with Gasteiger partial charge < -0.3 is 9.64 Å². The first-order valence-corrected chi connectivity index (χ1v) is 10.5. The predicted octanol–water partition coefficient (Wildman–Crippen LogP) is 4.52. The largest absolute Gasteiger partial charge is 0.371 e. The van der Waals surface area contributed by atoms with E-state index >= 15 is 0 Å². The number of carbonyl (C=O) groups is 1. The molecule has 1 atom stereocenters. The van der Waals surface area contributed by atoms with Gasteiger partial charge in [-0.3, -0.25) is 10.1 Å². The van der Waals surface area contributed by atoms with Crippen molar-refractivity contribution >= 4 is 23.2 Å². The summed E-state index contributed by atoms with van der Waals surface area (Å²) in [6, 6.07) is 27.6. The van der Waals surface area contributed by atoms with Crippen molar-refractivity contribution in [3.8, 4) is 0 Å². The fourth-order valence-corrected chi connectivity index (χ4v) is 3.92. The average Bonchev–Trinajstić information content (AvgIpc) is 2.80. The normalized spacial score (nSPS) is 15.1. The number of thiocarbonyl (C=S) groups is 1. The first-order valence-electron chi connectivity index (χ1n) is 10.1. The van der Waals surface area contributed by atoms with E-state index in [9.17, 15) is 4.79 Å². The van der Waals surface area contributed by atoms with Crippen LogP contribution in [0.2, 0.25) is 0 Å². The average molecular weight is 417 g/mol. The Kier molecular flexibility index (Phi) is 6.52. The van der Waals surface area contributed by atoms with E-state index in [1.54, 1.807) is 12.1 Å². The molecule has 0 bridgehead atoms. The van der Waals surface area contributed by atoms with Crippen LogP contribution in [-0.4, -0.2) is 29.1 Å². The van der Waals surface area contributed by atoms with Gasteiger partial charge in [-0.25, -0.2) is 0 Å². The van der Waals surface area contributed by atoms with Crippen molar-refractivity contribution < 1.29 is 9.53 Å². The lowest BCUT2D eigenvalue weighted by atomic mass is 9.97. The zero-order chi connectivity index (χ0) is 20.8. The summed E-state index contributed by atoms with van der Waals surface area (Å²) in [7, 11) is 0. The van der Waals surface area contributed by atoms with E-state index in [0.717, 1.165) is 12.0 Å². The van der Waals surface area contributed by atoms with Crippen LogP contribution in [0.25, 0.3) is 0 Å². The quantitative estimate of drug-likeness (QED) is 0.621. The van der Waals surface area contributed by atoms with Gasteiger partial charge in [0.1, 0.15) is 6.10 Å². The van der Waals surface area contributed by atoms with Crippen LogP contribution in [0.15, 0.2) is 84.9 Å². The summed E-state index contributed by atoms with van der Waals surface area (Å²) >= 11 is 5.66. The number of ether oxygens (including phenoxy) is 1. The van der Waals surface area contributed by atoms with Crippen LogP contribution in [0.1, 0.15) is 33.2 Å². The van der Waals surface area contributed by atoms with Crippen molar-refractivity contribution in [2.24, 2.45) is 0 Å². The summed E-state index contributed by atoms with van der Waals surface area (Å²) in [4.78, 5) is 14.7. The fourth-order valence-electron chi connectivity index (χ4n) is 3.69. The van der Waals surface area contributed by atoms with E-state index in [2.05, 4.69) is 35.6 Å². The Morgan fingerprint density at radius 1 is 0.967 bits per heavy atom. The van der Waals surface area contributed by atoms with Crippen molar-refractivity contribution in [1.82, 2.24) is 10.2 Å². The Morgan fingerprint density at radius 3 is 2.40 bits per heavy atom. The molecule has 1 N–H and O–H groups in total. The lowest BCUT2D eigenvalue weighted by Gasteiger charge is -2.33. The Balaban J connectivity index is 1.54. The molecule has 0 aromatic heterocycles. The number of benzene rings is 3. The van der Waals surface area contributed by atoms with Crippen LogP contribution in [0.4, 0.5) is 0 Å². The van der Waals surface area contributed by atoms with E-state index < -0.39 is 0 Å². The first kappa shape index (κ1) is 20.3. The molecule has 0 aliphatic carbocycles. The number of nitrogens with zero attached hydrogens (tertiary/aromatic N) is 1. The van der Waals surface area contributed by atoms with E-state index in [0.29, 0.717) is 30.4 Å². The molecule has 0 unspecified atom stereocenters. The van der Waals surface area contributed by atoms with Crippen molar-refractivity contribution in [1.29, 1.82) is 0 Å². The third kappa shape index (κ3) is 4.93. The minimum atomic E-state index is -0.205. The molecular formula is C25H24N2O2S. The second kappa shape index (κ2) is 9.65. The molecule has 1 aliphatic heterocycles. The van der Waals surface area contributed by atoms with E-state index in [4.69, 9.17) is 17.0 Å². The van der Waals surface area contributed by atoms with Gasteiger partial charge in [-0.05, 0) is 47.5 Å². The smallest absolute Gasteiger partial charge is 0.257 e. The number of amides is 1. The van der Waals surface area contributed by atoms with Crippen LogP contribution in [0.5, 0.6) is 0 Å². The van der Waals surface area contributed by atoms with Gasteiger partial charge in [0, 0.05) is 12.1 Å². The molecule has 3 aromatic rings. The monoisotopic (exact) mass is 416 g/mol. The molecule has 0 fully saturated rings. The number of hydrogen-bond donors (Lipinski definition) is 1. The standard InChI is InChI=1S/C25H24N2O2S/c28-24(21-12-5-2-6-13-21)26-25(30)27(17-19-9-3-1-4-10-19)18-23-22-14-8-7-11-20(22)15-16-29-23/h1-14,23H,15-18H2,(H,26,28,30)/t23-/m0/s1.